The number of ether oxygens (including phenoxy) is 5. The van der Waals surface area contributed by atoms with E-state index >= 15 is 0 Å². The fourth-order valence-electron chi connectivity index (χ4n) is 11.2. The van der Waals surface area contributed by atoms with E-state index in [-0.39, 0.29) is 49.6 Å². The summed E-state index contributed by atoms with van der Waals surface area (Å²) in [6.45, 7) is 3.16. The predicted octanol–water partition coefficient (Wildman–Crippen LogP) is -1.43. The van der Waals surface area contributed by atoms with Gasteiger partial charge in [0, 0.05) is 17.9 Å². The van der Waals surface area contributed by atoms with Gasteiger partial charge in [-0.1, -0.05) is 6.92 Å². The Kier molecular flexibility index (Phi) is 9.60. The van der Waals surface area contributed by atoms with E-state index in [4.69, 9.17) is 23.7 Å². The molecule has 0 aromatic heterocycles. The maximum Gasteiger partial charge on any atom is 0.331 e. The summed E-state index contributed by atoms with van der Waals surface area (Å²) in [7, 11) is 0. The second-order valence-corrected chi connectivity index (χ2v) is 16.2. The van der Waals surface area contributed by atoms with Crippen molar-refractivity contribution in [1.82, 2.24) is 0 Å². The molecule has 0 spiro atoms. The molecule has 6 fully saturated rings. The fraction of sp³-hybridized carbons (Fsp3) is 0.886. The standard InChI is InChI=1S/C35H52O15/c1-16-24(39)27(42)29(50-30-28(43)26(41)25(40)22(13-36)49-30)31(47-16)48-18-3-8-33(15-37)20-4-7-32(2)19(17-11-23(38)46-14-17)6-10-35(32,45)21(20)5-9-34(33,44)12-18/h11,15-16,18-22,24-31,36,39-45H,3-10,12-14H2,1-2H3/t16-,18-,19+,20-,21+,22-,24-,25-,26+,27+,28-,29+,30+,31-,32+,33-,34-,35-/m0/s1. The molecular weight excluding hydrogens is 660 g/mol. The topological polar surface area (TPSA) is 242 Å². The Labute approximate surface area is 290 Å². The molecule has 0 amide bonds. The van der Waals surface area contributed by atoms with E-state index in [0.717, 1.165) is 11.9 Å². The van der Waals surface area contributed by atoms with Crippen LogP contribution in [0.15, 0.2) is 11.6 Å². The summed E-state index contributed by atoms with van der Waals surface area (Å²) in [6, 6.07) is 0. The quantitative estimate of drug-likeness (QED) is 0.0858. The van der Waals surface area contributed by atoms with Crippen LogP contribution in [-0.4, -0.2) is 145 Å². The zero-order valence-corrected chi connectivity index (χ0v) is 28.5. The van der Waals surface area contributed by atoms with E-state index in [0.29, 0.717) is 38.5 Å². The Morgan fingerprint density at radius 3 is 2.28 bits per heavy atom. The predicted molar refractivity (Wildman–Crippen MR) is 167 cm³/mol. The molecule has 7 rings (SSSR count). The summed E-state index contributed by atoms with van der Waals surface area (Å²) in [5, 5.41) is 87.2. The number of fused-ring (bicyclic) bond motifs is 5. The van der Waals surface area contributed by atoms with Crippen LogP contribution in [0.4, 0.5) is 0 Å². The molecule has 15 nitrogen and oxygen atoms in total. The molecule has 4 aliphatic carbocycles. The van der Waals surface area contributed by atoms with Gasteiger partial charge in [-0.2, -0.15) is 0 Å². The number of cyclic esters (lactones) is 1. The molecule has 8 N–H and O–H groups in total. The molecule has 0 unspecified atom stereocenters. The Morgan fingerprint density at radius 1 is 0.860 bits per heavy atom. The SMILES string of the molecule is C[C@@H]1O[C@@H](O[C@H]2CC[C@]3(C=O)[C@H]4CC[C@]5(C)[C@@H](C6=CC(=O)OC6)CC[C@]5(O)[C@@H]4CC[C@]3(O)C2)[C@H](O[C@H]2O[C@@H](CO)[C@H](O)[C@@H](O)[C@@H]2O)[C@H](O)[C@H]1O. The molecule has 50 heavy (non-hydrogen) atoms. The first-order chi connectivity index (χ1) is 23.6. The van der Waals surface area contributed by atoms with E-state index in [1.54, 1.807) is 6.08 Å². The van der Waals surface area contributed by atoms with Gasteiger partial charge in [-0.3, -0.25) is 0 Å². The molecule has 18 atom stereocenters. The second kappa shape index (κ2) is 13.1. The fourth-order valence-corrected chi connectivity index (χ4v) is 11.2. The Bertz CT molecular complexity index is 1340. The van der Waals surface area contributed by atoms with Gasteiger partial charge < -0.3 is 69.3 Å². The lowest BCUT2D eigenvalue weighted by atomic mass is 9.41. The average molecular weight is 713 g/mol. The van der Waals surface area contributed by atoms with Crippen molar-refractivity contribution in [3.05, 3.63) is 11.6 Å². The number of carbonyl (C=O) groups excluding carboxylic acids is 2. The van der Waals surface area contributed by atoms with Gasteiger partial charge in [0.2, 0.25) is 0 Å². The van der Waals surface area contributed by atoms with Crippen LogP contribution in [0.3, 0.4) is 0 Å². The van der Waals surface area contributed by atoms with Crippen molar-refractivity contribution < 1.29 is 74.1 Å². The summed E-state index contributed by atoms with van der Waals surface area (Å²) >= 11 is 0. The van der Waals surface area contributed by atoms with Crippen LogP contribution in [0.5, 0.6) is 0 Å². The monoisotopic (exact) mass is 712 g/mol. The average Bonchev–Trinajstić information content (AvgIpc) is 3.64. The highest BCUT2D eigenvalue weighted by molar-refractivity contribution is 5.85. The van der Waals surface area contributed by atoms with Gasteiger partial charge >= 0.3 is 5.97 Å². The number of carbonyl (C=O) groups is 2. The number of aldehydes is 1. The molecule has 282 valence electrons. The third-order valence-electron chi connectivity index (χ3n) is 14.1. The summed E-state index contributed by atoms with van der Waals surface area (Å²) in [6.07, 6.45) is -9.13. The molecule has 3 heterocycles. The van der Waals surface area contributed by atoms with E-state index in [1.165, 1.54) is 6.92 Å². The van der Waals surface area contributed by atoms with Crippen molar-refractivity contribution in [3.8, 4) is 0 Å². The van der Waals surface area contributed by atoms with Gasteiger partial charge in [-0.25, -0.2) is 4.79 Å². The van der Waals surface area contributed by atoms with Crippen molar-refractivity contribution in [2.45, 2.75) is 150 Å². The number of aliphatic hydroxyl groups is 8. The van der Waals surface area contributed by atoms with Crippen LogP contribution in [0.2, 0.25) is 0 Å². The number of esters is 1. The van der Waals surface area contributed by atoms with Gasteiger partial charge in [0.15, 0.2) is 12.6 Å². The van der Waals surface area contributed by atoms with Crippen LogP contribution in [0.1, 0.15) is 71.6 Å². The lowest BCUT2D eigenvalue weighted by Gasteiger charge is -2.65. The lowest BCUT2D eigenvalue weighted by molar-refractivity contribution is -0.372. The van der Waals surface area contributed by atoms with Crippen LogP contribution < -0.4 is 0 Å². The highest BCUT2D eigenvalue weighted by Crippen LogP contribution is 2.70. The van der Waals surface area contributed by atoms with Crippen molar-refractivity contribution in [3.63, 3.8) is 0 Å². The van der Waals surface area contributed by atoms with E-state index in [2.05, 4.69) is 6.92 Å². The minimum Gasteiger partial charge on any atom is -0.458 e. The molecule has 7 aliphatic rings. The number of rotatable bonds is 7. The summed E-state index contributed by atoms with van der Waals surface area (Å²) in [4.78, 5) is 25.1. The van der Waals surface area contributed by atoms with Gasteiger partial charge in [0.1, 0.15) is 55.6 Å². The molecule has 0 bridgehead atoms. The van der Waals surface area contributed by atoms with E-state index in [1.807, 2.05) is 0 Å². The van der Waals surface area contributed by atoms with Crippen molar-refractivity contribution >= 4 is 12.3 Å². The van der Waals surface area contributed by atoms with Crippen LogP contribution in [0, 0.1) is 28.6 Å². The molecule has 2 saturated heterocycles. The van der Waals surface area contributed by atoms with Crippen LogP contribution in [0.25, 0.3) is 0 Å². The van der Waals surface area contributed by atoms with E-state index < -0.39 is 96.2 Å². The third-order valence-corrected chi connectivity index (χ3v) is 14.1. The summed E-state index contributed by atoms with van der Waals surface area (Å²) < 4.78 is 28.8. The van der Waals surface area contributed by atoms with E-state index in [9.17, 15) is 50.4 Å². The zero-order valence-electron chi connectivity index (χ0n) is 28.5. The molecule has 0 aromatic rings. The van der Waals surface area contributed by atoms with Crippen molar-refractivity contribution in [2.24, 2.45) is 28.6 Å². The highest BCUT2D eigenvalue weighted by atomic mass is 16.8. The maximum atomic E-state index is 13.2. The molecule has 15 heteroatoms. The van der Waals surface area contributed by atoms with Crippen molar-refractivity contribution in [1.29, 1.82) is 0 Å². The summed E-state index contributed by atoms with van der Waals surface area (Å²) in [5.74, 6) is -0.887. The number of aliphatic hydroxyl groups excluding tert-OH is 6. The van der Waals surface area contributed by atoms with Gasteiger partial charge in [0.25, 0.3) is 0 Å². The third kappa shape index (κ3) is 5.37. The Morgan fingerprint density at radius 2 is 1.60 bits per heavy atom. The molecule has 0 radical (unpaired) electrons. The Balaban J connectivity index is 1.09. The van der Waals surface area contributed by atoms with Crippen LogP contribution >= 0.6 is 0 Å². The zero-order chi connectivity index (χ0) is 36.0. The largest absolute Gasteiger partial charge is 0.458 e. The first-order valence-electron chi connectivity index (χ1n) is 18.0. The van der Waals surface area contributed by atoms with Crippen molar-refractivity contribution in [2.75, 3.05) is 13.2 Å². The second-order valence-electron chi connectivity index (χ2n) is 16.2. The van der Waals surface area contributed by atoms with Crippen LogP contribution in [-0.2, 0) is 33.3 Å². The molecular formula is C35H52O15. The molecule has 3 aliphatic heterocycles. The summed E-state index contributed by atoms with van der Waals surface area (Å²) in [5.41, 5.74) is -3.30. The van der Waals surface area contributed by atoms with Gasteiger partial charge in [-0.15, -0.1) is 0 Å². The molecule has 0 aromatic carbocycles. The minimum atomic E-state index is -1.77. The first kappa shape index (κ1) is 36.7. The highest BCUT2D eigenvalue weighted by Gasteiger charge is 2.71. The van der Waals surface area contributed by atoms with Gasteiger partial charge in [-0.05, 0) is 81.6 Å². The smallest absolute Gasteiger partial charge is 0.331 e. The number of hydrogen-bond acceptors (Lipinski definition) is 15. The number of hydrogen-bond donors (Lipinski definition) is 8. The molecule has 4 saturated carbocycles. The first-order valence-corrected chi connectivity index (χ1v) is 18.0. The lowest BCUT2D eigenvalue weighted by Crippen LogP contribution is -2.69. The normalized spacial score (nSPS) is 55.0. The Hall–Kier alpha value is -1.60. The minimum absolute atomic E-state index is 0.0121. The maximum absolute atomic E-state index is 13.2. The van der Waals surface area contributed by atoms with Gasteiger partial charge in [0.05, 0.1) is 35.4 Å².